The summed E-state index contributed by atoms with van der Waals surface area (Å²) in [6, 6.07) is 5.36. The van der Waals surface area contributed by atoms with Gasteiger partial charge in [-0.1, -0.05) is 0 Å². The summed E-state index contributed by atoms with van der Waals surface area (Å²) in [5.41, 5.74) is 4.98. The third kappa shape index (κ3) is 1.31. The number of hydrogen-bond donors (Lipinski definition) is 2. The number of fused-ring (bicyclic) bond motifs is 1. The highest BCUT2D eigenvalue weighted by Gasteiger charge is 2.13. The Morgan fingerprint density at radius 3 is 3.08 bits per heavy atom. The molecule has 0 aromatic heterocycles. The van der Waals surface area contributed by atoms with Gasteiger partial charge in [0.15, 0.2) is 0 Å². The standard InChI is InChI=1S/C9H9N3O/c10-12-7-1-2-8-6(5-7)3-4-11-9(8)13/h1-2,4-5,12H,3,10H2. The van der Waals surface area contributed by atoms with Crippen LogP contribution in [-0.4, -0.2) is 12.1 Å². The smallest absolute Gasteiger partial charge is 0.276 e. The van der Waals surface area contributed by atoms with Gasteiger partial charge in [0.1, 0.15) is 0 Å². The van der Waals surface area contributed by atoms with Crippen molar-refractivity contribution in [2.24, 2.45) is 10.8 Å². The number of carbonyl (C=O) groups is 1. The summed E-state index contributed by atoms with van der Waals surface area (Å²) >= 11 is 0. The number of nitrogen functional groups attached to an aromatic ring is 1. The van der Waals surface area contributed by atoms with Crippen LogP contribution in [0.5, 0.6) is 0 Å². The van der Waals surface area contributed by atoms with E-state index >= 15 is 0 Å². The Balaban J connectivity index is 2.49. The molecule has 0 aliphatic carbocycles. The molecule has 4 heteroatoms. The van der Waals surface area contributed by atoms with Crippen LogP contribution in [0, 0.1) is 0 Å². The molecule has 1 heterocycles. The molecule has 2 rings (SSSR count). The first-order valence-electron chi connectivity index (χ1n) is 3.97. The Bertz CT molecular complexity index is 384. The lowest BCUT2D eigenvalue weighted by Gasteiger charge is -2.10. The van der Waals surface area contributed by atoms with Crippen molar-refractivity contribution in [3.63, 3.8) is 0 Å². The molecule has 1 aliphatic heterocycles. The number of carbonyl (C=O) groups excluding carboxylic acids is 1. The molecule has 0 bridgehead atoms. The maximum Gasteiger partial charge on any atom is 0.276 e. The second-order valence-corrected chi connectivity index (χ2v) is 2.84. The van der Waals surface area contributed by atoms with Gasteiger partial charge in [-0.25, -0.2) is 4.99 Å². The van der Waals surface area contributed by atoms with Crippen LogP contribution >= 0.6 is 0 Å². The van der Waals surface area contributed by atoms with Gasteiger partial charge in [-0.15, -0.1) is 0 Å². The van der Waals surface area contributed by atoms with E-state index in [9.17, 15) is 4.79 Å². The molecule has 0 saturated carbocycles. The molecule has 0 fully saturated rings. The topological polar surface area (TPSA) is 67.5 Å². The highest BCUT2D eigenvalue weighted by atomic mass is 16.1. The highest BCUT2D eigenvalue weighted by molar-refractivity contribution is 6.03. The van der Waals surface area contributed by atoms with Gasteiger partial charge >= 0.3 is 0 Å². The number of hydrazine groups is 1. The largest absolute Gasteiger partial charge is 0.324 e. The molecule has 1 amide bonds. The van der Waals surface area contributed by atoms with Gasteiger partial charge in [0.05, 0.1) is 0 Å². The summed E-state index contributed by atoms with van der Waals surface area (Å²) in [7, 11) is 0. The second kappa shape index (κ2) is 2.99. The van der Waals surface area contributed by atoms with Gasteiger partial charge in [-0.05, 0) is 23.8 Å². The van der Waals surface area contributed by atoms with Crippen LogP contribution in [0.15, 0.2) is 23.2 Å². The van der Waals surface area contributed by atoms with E-state index in [1.807, 2.05) is 6.07 Å². The third-order valence-electron chi connectivity index (χ3n) is 2.02. The van der Waals surface area contributed by atoms with Crippen molar-refractivity contribution in [2.45, 2.75) is 6.42 Å². The van der Waals surface area contributed by atoms with Crippen LogP contribution in [0.1, 0.15) is 15.9 Å². The van der Waals surface area contributed by atoms with Crippen molar-refractivity contribution in [1.29, 1.82) is 0 Å². The highest BCUT2D eigenvalue weighted by Crippen LogP contribution is 2.18. The van der Waals surface area contributed by atoms with Gasteiger partial charge in [0, 0.05) is 23.9 Å². The summed E-state index contributed by atoms with van der Waals surface area (Å²) in [6.07, 6.45) is 2.31. The van der Waals surface area contributed by atoms with Gasteiger partial charge in [-0.2, -0.15) is 0 Å². The fourth-order valence-corrected chi connectivity index (χ4v) is 1.36. The Labute approximate surface area is 75.4 Å². The number of nitrogens with zero attached hydrogens (tertiary/aromatic N) is 1. The number of rotatable bonds is 1. The van der Waals surface area contributed by atoms with Gasteiger partial charge in [0.2, 0.25) is 0 Å². The van der Waals surface area contributed by atoms with E-state index in [1.54, 1.807) is 18.3 Å². The Hall–Kier alpha value is -1.68. The van der Waals surface area contributed by atoms with E-state index in [0.717, 1.165) is 11.3 Å². The number of hydrogen-bond acceptors (Lipinski definition) is 3. The molecule has 0 atom stereocenters. The number of nitrogens with two attached hydrogens (primary N) is 1. The molecule has 0 radical (unpaired) electrons. The van der Waals surface area contributed by atoms with Crippen molar-refractivity contribution in [2.75, 3.05) is 5.43 Å². The minimum absolute atomic E-state index is 0.176. The number of aliphatic imine (C=N–C) groups is 1. The molecule has 4 nitrogen and oxygen atoms in total. The molecule has 66 valence electrons. The minimum atomic E-state index is -0.176. The van der Waals surface area contributed by atoms with E-state index in [-0.39, 0.29) is 5.91 Å². The van der Waals surface area contributed by atoms with Crippen LogP contribution in [-0.2, 0) is 6.42 Å². The summed E-state index contributed by atoms with van der Waals surface area (Å²) in [6.45, 7) is 0. The van der Waals surface area contributed by atoms with Crippen molar-refractivity contribution >= 4 is 17.8 Å². The van der Waals surface area contributed by atoms with Crippen molar-refractivity contribution < 1.29 is 4.79 Å². The Morgan fingerprint density at radius 2 is 2.31 bits per heavy atom. The molecule has 0 spiro atoms. The lowest BCUT2D eigenvalue weighted by molar-refractivity contribution is 0.100. The first-order valence-corrected chi connectivity index (χ1v) is 3.97. The first kappa shape index (κ1) is 7.94. The Kier molecular flexibility index (Phi) is 1.83. The average molecular weight is 175 g/mol. The average Bonchev–Trinajstić information content (AvgIpc) is 2.18. The maximum absolute atomic E-state index is 11.2. The zero-order valence-corrected chi connectivity index (χ0v) is 6.95. The lowest BCUT2D eigenvalue weighted by Crippen LogP contribution is -2.11. The van der Waals surface area contributed by atoms with E-state index in [0.29, 0.717) is 12.0 Å². The summed E-state index contributed by atoms with van der Waals surface area (Å²) in [5, 5.41) is 0. The monoisotopic (exact) mass is 175 g/mol. The quantitative estimate of drug-likeness (QED) is 0.488. The first-order chi connectivity index (χ1) is 6.31. The Morgan fingerprint density at radius 1 is 1.46 bits per heavy atom. The maximum atomic E-state index is 11.2. The van der Waals surface area contributed by atoms with Crippen LogP contribution in [0.2, 0.25) is 0 Å². The fraction of sp³-hybridized carbons (Fsp3) is 0.111. The number of nitrogens with one attached hydrogen (secondary N) is 1. The second-order valence-electron chi connectivity index (χ2n) is 2.84. The van der Waals surface area contributed by atoms with Crippen LogP contribution < -0.4 is 11.3 Å². The number of benzene rings is 1. The predicted octanol–water partition coefficient (Wildman–Crippen LogP) is 0.739. The molecule has 1 aliphatic rings. The lowest BCUT2D eigenvalue weighted by atomic mass is 10.0. The SMILES string of the molecule is NNc1ccc2c(c1)CC=NC2=O. The van der Waals surface area contributed by atoms with Crippen LogP contribution in [0.25, 0.3) is 0 Å². The molecule has 13 heavy (non-hydrogen) atoms. The van der Waals surface area contributed by atoms with Crippen molar-refractivity contribution in [3.8, 4) is 0 Å². The molecular weight excluding hydrogens is 166 g/mol. The van der Waals surface area contributed by atoms with E-state index < -0.39 is 0 Å². The zero-order valence-electron chi connectivity index (χ0n) is 6.95. The molecule has 0 unspecified atom stereocenters. The summed E-state index contributed by atoms with van der Waals surface area (Å²) < 4.78 is 0. The number of anilines is 1. The minimum Gasteiger partial charge on any atom is -0.324 e. The number of amides is 1. The molecule has 3 N–H and O–H groups in total. The molecule has 1 aromatic rings. The van der Waals surface area contributed by atoms with Crippen molar-refractivity contribution in [1.82, 2.24) is 0 Å². The predicted molar refractivity (Wildman–Crippen MR) is 50.8 cm³/mol. The summed E-state index contributed by atoms with van der Waals surface area (Å²) in [4.78, 5) is 14.9. The van der Waals surface area contributed by atoms with Crippen molar-refractivity contribution in [3.05, 3.63) is 29.3 Å². The van der Waals surface area contributed by atoms with E-state index in [2.05, 4.69) is 10.4 Å². The van der Waals surface area contributed by atoms with Gasteiger partial charge in [0.25, 0.3) is 5.91 Å². The zero-order chi connectivity index (χ0) is 9.26. The molecule has 0 saturated heterocycles. The normalized spacial score (nSPS) is 14.1. The van der Waals surface area contributed by atoms with Gasteiger partial charge < -0.3 is 5.43 Å². The third-order valence-corrected chi connectivity index (χ3v) is 2.02. The van der Waals surface area contributed by atoms with Crippen LogP contribution in [0.3, 0.4) is 0 Å². The molecule has 1 aromatic carbocycles. The van der Waals surface area contributed by atoms with E-state index in [1.165, 1.54) is 0 Å². The van der Waals surface area contributed by atoms with Crippen LogP contribution in [0.4, 0.5) is 5.69 Å². The van der Waals surface area contributed by atoms with E-state index in [4.69, 9.17) is 5.84 Å². The summed E-state index contributed by atoms with van der Waals surface area (Å²) in [5.74, 6) is 5.07. The van der Waals surface area contributed by atoms with Gasteiger partial charge in [-0.3, -0.25) is 10.6 Å². The molecular formula is C9H9N3O. The fourth-order valence-electron chi connectivity index (χ4n) is 1.36.